The van der Waals surface area contributed by atoms with Crippen LogP contribution in [-0.2, 0) is 19.9 Å². The molecule has 106 valence electrons. The number of aryl methyl sites for hydroxylation is 1. The molecule has 2 aromatic rings. The largest absolute Gasteiger partial charge is 0.355 e. The van der Waals surface area contributed by atoms with Crippen molar-refractivity contribution in [3.63, 3.8) is 0 Å². The van der Waals surface area contributed by atoms with Gasteiger partial charge in [-0.3, -0.25) is 4.79 Å². The number of aromatic nitrogens is 2. The van der Waals surface area contributed by atoms with Gasteiger partial charge in [-0.15, -0.1) is 0 Å². The minimum Gasteiger partial charge on any atom is -0.355 e. The van der Waals surface area contributed by atoms with Crippen molar-refractivity contribution in [2.75, 3.05) is 18.0 Å². The van der Waals surface area contributed by atoms with Gasteiger partial charge >= 0.3 is 0 Å². The molecule has 0 fully saturated rings. The second-order valence-corrected chi connectivity index (χ2v) is 5.23. The van der Waals surface area contributed by atoms with Crippen LogP contribution < -0.4 is 10.5 Å². The van der Waals surface area contributed by atoms with Crippen molar-refractivity contribution in [2.45, 2.75) is 12.8 Å². The summed E-state index contributed by atoms with van der Waals surface area (Å²) in [5.74, 6) is 0.508. The molecular weight excluding hydrogens is 264 g/mol. The molecule has 5 nitrogen and oxygen atoms in total. The van der Waals surface area contributed by atoms with Crippen LogP contribution in [-0.4, -0.2) is 22.6 Å². The lowest BCUT2D eigenvalue weighted by atomic mass is 10.0. The maximum atomic E-state index is 12.0. The Kier molecular flexibility index (Phi) is 3.44. The highest BCUT2D eigenvalue weighted by Crippen LogP contribution is 2.20. The monoisotopic (exact) mass is 280 g/mol. The van der Waals surface area contributed by atoms with Gasteiger partial charge in [0.2, 0.25) is 0 Å². The Morgan fingerprint density at radius 3 is 2.38 bits per heavy atom. The molecule has 0 radical (unpaired) electrons. The van der Waals surface area contributed by atoms with Gasteiger partial charge in [0.1, 0.15) is 6.07 Å². The van der Waals surface area contributed by atoms with Gasteiger partial charge in [-0.1, -0.05) is 24.3 Å². The normalized spacial score (nSPS) is 14.2. The molecule has 0 amide bonds. The molecule has 21 heavy (non-hydrogen) atoms. The molecule has 0 aliphatic carbocycles. The second kappa shape index (κ2) is 5.41. The van der Waals surface area contributed by atoms with Crippen LogP contribution in [0.3, 0.4) is 0 Å². The third-order valence-electron chi connectivity index (χ3n) is 3.94. The summed E-state index contributed by atoms with van der Waals surface area (Å²) in [6, 6.07) is 10.4. The van der Waals surface area contributed by atoms with Crippen molar-refractivity contribution in [3.8, 4) is 6.07 Å². The summed E-state index contributed by atoms with van der Waals surface area (Å²) in [6.45, 7) is 1.54. The van der Waals surface area contributed by atoms with Crippen molar-refractivity contribution >= 4 is 5.82 Å². The fraction of sp³-hybridized carbons (Fsp3) is 0.312. The maximum Gasteiger partial charge on any atom is 0.273 e. The molecule has 1 aliphatic rings. The first kappa shape index (κ1) is 13.4. The number of fused-ring (bicyclic) bond motifs is 1. The Balaban J connectivity index is 1.96. The quantitative estimate of drug-likeness (QED) is 0.789. The summed E-state index contributed by atoms with van der Waals surface area (Å²) >= 11 is 0. The Labute approximate surface area is 123 Å². The van der Waals surface area contributed by atoms with E-state index in [0.717, 1.165) is 25.9 Å². The van der Waals surface area contributed by atoms with Crippen molar-refractivity contribution in [2.24, 2.45) is 7.05 Å². The Bertz CT molecular complexity index is 746. The van der Waals surface area contributed by atoms with Crippen LogP contribution in [0, 0.1) is 11.3 Å². The first-order chi connectivity index (χ1) is 10.2. The highest BCUT2D eigenvalue weighted by atomic mass is 16.1. The molecule has 0 saturated carbocycles. The Morgan fingerprint density at radius 1 is 1.19 bits per heavy atom. The standard InChI is InChI=1S/C16H16N4O/c1-19-11-18-15(14(10-17)16(19)21)20-8-6-12-4-2-3-5-13(12)7-9-20/h2-5,11H,6-9H2,1H3. The van der Waals surface area contributed by atoms with Crippen LogP contribution in [0.4, 0.5) is 5.82 Å². The predicted octanol–water partition coefficient (Wildman–Crippen LogP) is 1.26. The summed E-state index contributed by atoms with van der Waals surface area (Å²) in [7, 11) is 1.61. The van der Waals surface area contributed by atoms with Crippen LogP contribution in [0.5, 0.6) is 0 Å². The zero-order valence-electron chi connectivity index (χ0n) is 11.9. The van der Waals surface area contributed by atoms with E-state index < -0.39 is 0 Å². The van der Waals surface area contributed by atoms with Crippen molar-refractivity contribution < 1.29 is 0 Å². The van der Waals surface area contributed by atoms with E-state index in [1.165, 1.54) is 22.0 Å². The first-order valence-corrected chi connectivity index (χ1v) is 6.98. The van der Waals surface area contributed by atoms with Crippen molar-refractivity contribution in [1.29, 1.82) is 5.26 Å². The molecule has 1 aromatic carbocycles. The number of benzene rings is 1. The van der Waals surface area contributed by atoms with Crippen LogP contribution >= 0.6 is 0 Å². The first-order valence-electron chi connectivity index (χ1n) is 6.98. The smallest absolute Gasteiger partial charge is 0.273 e. The maximum absolute atomic E-state index is 12.0. The van der Waals surface area contributed by atoms with Gasteiger partial charge in [-0.2, -0.15) is 5.26 Å². The molecule has 1 aliphatic heterocycles. The highest BCUT2D eigenvalue weighted by molar-refractivity contribution is 5.53. The van der Waals surface area contributed by atoms with Gasteiger partial charge < -0.3 is 9.47 Å². The van der Waals surface area contributed by atoms with Crippen molar-refractivity contribution in [3.05, 3.63) is 57.6 Å². The topological polar surface area (TPSA) is 61.9 Å². The molecule has 0 N–H and O–H groups in total. The molecule has 0 unspecified atom stereocenters. The van der Waals surface area contributed by atoms with E-state index in [1.54, 1.807) is 7.05 Å². The average Bonchev–Trinajstić information content (AvgIpc) is 2.72. The predicted molar refractivity (Wildman–Crippen MR) is 80.3 cm³/mol. The number of hydrogen-bond donors (Lipinski definition) is 0. The zero-order chi connectivity index (χ0) is 14.8. The zero-order valence-corrected chi connectivity index (χ0v) is 11.9. The Morgan fingerprint density at radius 2 is 1.81 bits per heavy atom. The van der Waals surface area contributed by atoms with E-state index in [9.17, 15) is 10.1 Å². The third-order valence-corrected chi connectivity index (χ3v) is 3.94. The van der Waals surface area contributed by atoms with E-state index >= 15 is 0 Å². The summed E-state index contributed by atoms with van der Waals surface area (Å²) in [6.07, 6.45) is 3.28. The molecule has 5 heteroatoms. The van der Waals surface area contributed by atoms with Gasteiger partial charge in [-0.05, 0) is 24.0 Å². The molecule has 2 heterocycles. The number of anilines is 1. The fourth-order valence-corrected chi connectivity index (χ4v) is 2.75. The summed E-state index contributed by atoms with van der Waals surface area (Å²) in [5, 5.41) is 9.27. The van der Waals surface area contributed by atoms with E-state index in [4.69, 9.17) is 0 Å². The van der Waals surface area contributed by atoms with E-state index in [0.29, 0.717) is 5.82 Å². The lowest BCUT2D eigenvalue weighted by Crippen LogP contribution is -2.32. The minimum atomic E-state index is -0.288. The van der Waals surface area contributed by atoms with Crippen molar-refractivity contribution in [1.82, 2.24) is 9.55 Å². The fourth-order valence-electron chi connectivity index (χ4n) is 2.75. The summed E-state index contributed by atoms with van der Waals surface area (Å²) in [5.41, 5.74) is 2.51. The van der Waals surface area contributed by atoms with Crippen LogP contribution in [0.2, 0.25) is 0 Å². The van der Waals surface area contributed by atoms with Gasteiger partial charge in [0.05, 0.1) is 6.33 Å². The second-order valence-electron chi connectivity index (χ2n) is 5.23. The highest BCUT2D eigenvalue weighted by Gasteiger charge is 2.19. The number of nitriles is 1. The molecule has 0 atom stereocenters. The summed E-state index contributed by atoms with van der Waals surface area (Å²) < 4.78 is 1.34. The third kappa shape index (κ3) is 2.40. The lowest BCUT2D eigenvalue weighted by Gasteiger charge is -2.22. The number of nitrogens with zero attached hydrogens (tertiary/aromatic N) is 4. The molecule has 1 aromatic heterocycles. The van der Waals surface area contributed by atoms with E-state index in [-0.39, 0.29) is 11.1 Å². The van der Waals surface area contributed by atoms with Gasteiger partial charge in [-0.25, -0.2) is 4.98 Å². The molecule has 0 bridgehead atoms. The summed E-state index contributed by atoms with van der Waals surface area (Å²) in [4.78, 5) is 18.4. The molecular formula is C16H16N4O. The lowest BCUT2D eigenvalue weighted by molar-refractivity contribution is 0.758. The molecule has 0 spiro atoms. The van der Waals surface area contributed by atoms with Gasteiger partial charge in [0.15, 0.2) is 11.4 Å². The molecule has 3 rings (SSSR count). The number of hydrogen-bond acceptors (Lipinski definition) is 4. The molecule has 0 saturated heterocycles. The Hall–Kier alpha value is -2.61. The van der Waals surface area contributed by atoms with E-state index in [1.807, 2.05) is 23.1 Å². The van der Waals surface area contributed by atoms with Crippen LogP contribution in [0.1, 0.15) is 16.7 Å². The van der Waals surface area contributed by atoms with Crippen LogP contribution in [0.15, 0.2) is 35.4 Å². The number of rotatable bonds is 1. The van der Waals surface area contributed by atoms with Crippen LogP contribution in [0.25, 0.3) is 0 Å². The minimum absolute atomic E-state index is 0.131. The van der Waals surface area contributed by atoms with E-state index in [2.05, 4.69) is 17.1 Å². The SMILES string of the molecule is Cn1cnc(N2CCc3ccccc3CC2)c(C#N)c1=O. The van der Waals surface area contributed by atoms with Gasteiger partial charge in [0, 0.05) is 20.1 Å². The van der Waals surface area contributed by atoms with Gasteiger partial charge in [0.25, 0.3) is 5.56 Å². The average molecular weight is 280 g/mol.